The van der Waals surface area contributed by atoms with Crippen molar-refractivity contribution in [2.45, 2.75) is 20.3 Å². The summed E-state index contributed by atoms with van der Waals surface area (Å²) in [7, 11) is 7.78. The number of rotatable bonds is 6. The SMILES string of the molecule is C/N=C(OCCCN(C)C)\C(C)=C(/C)NC. The first-order chi connectivity index (χ1) is 7.52. The molecule has 1 N–H and O–H groups in total. The second-order valence-corrected chi connectivity index (χ2v) is 4.03. The molecule has 0 atom stereocenters. The zero-order valence-electron chi connectivity index (χ0n) is 11.4. The molecule has 0 aliphatic carbocycles. The number of hydrogen-bond donors (Lipinski definition) is 1. The zero-order chi connectivity index (χ0) is 12.6. The molecule has 0 rings (SSSR count). The summed E-state index contributed by atoms with van der Waals surface area (Å²) in [6.45, 7) is 5.77. The Morgan fingerprint density at radius 1 is 1.31 bits per heavy atom. The van der Waals surface area contributed by atoms with E-state index in [0.717, 1.165) is 30.1 Å². The van der Waals surface area contributed by atoms with E-state index >= 15 is 0 Å². The van der Waals surface area contributed by atoms with Crippen molar-refractivity contribution in [1.29, 1.82) is 0 Å². The first-order valence-corrected chi connectivity index (χ1v) is 5.62. The highest BCUT2D eigenvalue weighted by atomic mass is 16.5. The van der Waals surface area contributed by atoms with E-state index in [1.807, 2.05) is 20.9 Å². The van der Waals surface area contributed by atoms with Crippen molar-refractivity contribution in [3.05, 3.63) is 11.3 Å². The predicted octanol–water partition coefficient (Wildman–Crippen LogP) is 1.50. The molecule has 0 spiro atoms. The number of nitrogens with one attached hydrogen (secondary N) is 1. The molecule has 0 aromatic rings. The van der Waals surface area contributed by atoms with Crippen LogP contribution >= 0.6 is 0 Å². The highest BCUT2D eigenvalue weighted by Gasteiger charge is 2.05. The van der Waals surface area contributed by atoms with Gasteiger partial charge in [0.25, 0.3) is 0 Å². The van der Waals surface area contributed by atoms with Crippen molar-refractivity contribution in [2.24, 2.45) is 4.99 Å². The van der Waals surface area contributed by atoms with Crippen LogP contribution in [-0.4, -0.2) is 52.1 Å². The lowest BCUT2D eigenvalue weighted by Gasteiger charge is -2.13. The monoisotopic (exact) mass is 227 g/mol. The molecule has 0 amide bonds. The van der Waals surface area contributed by atoms with Crippen LogP contribution in [0.4, 0.5) is 0 Å². The standard InChI is InChI=1S/C12H25N3O/c1-10(11(2)13-3)12(14-4)16-9-7-8-15(5)6/h13H,7-9H2,1-6H3/b11-10+,14-12+. The molecule has 0 unspecified atom stereocenters. The van der Waals surface area contributed by atoms with Gasteiger partial charge in [-0.05, 0) is 34.4 Å². The van der Waals surface area contributed by atoms with Gasteiger partial charge in [-0.15, -0.1) is 0 Å². The fourth-order valence-electron chi connectivity index (χ4n) is 1.24. The normalized spacial score (nSPS) is 13.8. The summed E-state index contributed by atoms with van der Waals surface area (Å²) in [6, 6.07) is 0. The molecule has 0 bridgehead atoms. The van der Waals surface area contributed by atoms with Crippen molar-refractivity contribution < 1.29 is 4.74 Å². The third-order valence-electron chi connectivity index (χ3n) is 2.45. The summed E-state index contributed by atoms with van der Waals surface area (Å²) in [4.78, 5) is 6.30. The lowest BCUT2D eigenvalue weighted by Crippen LogP contribution is -2.18. The van der Waals surface area contributed by atoms with Crippen molar-refractivity contribution >= 4 is 5.90 Å². The first-order valence-electron chi connectivity index (χ1n) is 5.62. The molecule has 0 aliphatic rings. The third-order valence-corrected chi connectivity index (χ3v) is 2.45. The Morgan fingerprint density at radius 3 is 2.38 bits per heavy atom. The molecule has 0 saturated carbocycles. The van der Waals surface area contributed by atoms with Gasteiger partial charge >= 0.3 is 0 Å². The second-order valence-electron chi connectivity index (χ2n) is 4.03. The summed E-state index contributed by atoms with van der Waals surface area (Å²) >= 11 is 0. The summed E-state index contributed by atoms with van der Waals surface area (Å²) in [5.41, 5.74) is 2.16. The van der Waals surface area contributed by atoms with Gasteiger partial charge in [0, 0.05) is 31.9 Å². The molecule has 0 heterocycles. The number of nitrogens with zero attached hydrogens (tertiary/aromatic N) is 2. The van der Waals surface area contributed by atoms with Crippen LogP contribution in [-0.2, 0) is 4.74 Å². The van der Waals surface area contributed by atoms with E-state index in [1.54, 1.807) is 7.05 Å². The third kappa shape index (κ3) is 5.75. The van der Waals surface area contributed by atoms with Crippen LogP contribution in [0.15, 0.2) is 16.3 Å². The minimum Gasteiger partial charge on any atom is -0.478 e. The fourth-order valence-corrected chi connectivity index (χ4v) is 1.24. The van der Waals surface area contributed by atoms with E-state index < -0.39 is 0 Å². The topological polar surface area (TPSA) is 36.9 Å². The van der Waals surface area contributed by atoms with Gasteiger partial charge in [-0.2, -0.15) is 0 Å². The van der Waals surface area contributed by atoms with Crippen LogP contribution in [0.1, 0.15) is 20.3 Å². The average Bonchev–Trinajstić information content (AvgIpc) is 2.27. The average molecular weight is 227 g/mol. The fraction of sp³-hybridized carbons (Fsp3) is 0.750. The molecule has 0 radical (unpaired) electrons. The highest BCUT2D eigenvalue weighted by molar-refractivity contribution is 5.93. The maximum Gasteiger partial charge on any atom is 0.213 e. The Bertz CT molecular complexity index is 257. The van der Waals surface area contributed by atoms with Crippen LogP contribution in [0.25, 0.3) is 0 Å². The van der Waals surface area contributed by atoms with Gasteiger partial charge in [-0.3, -0.25) is 4.99 Å². The van der Waals surface area contributed by atoms with Gasteiger partial charge in [0.1, 0.15) is 0 Å². The number of hydrogen-bond acceptors (Lipinski definition) is 4. The van der Waals surface area contributed by atoms with Crippen molar-refractivity contribution in [1.82, 2.24) is 10.2 Å². The Hall–Kier alpha value is -1.03. The van der Waals surface area contributed by atoms with Gasteiger partial charge in [0.2, 0.25) is 5.90 Å². The summed E-state index contributed by atoms with van der Waals surface area (Å²) in [6.07, 6.45) is 1.01. The largest absolute Gasteiger partial charge is 0.478 e. The molecule has 16 heavy (non-hydrogen) atoms. The van der Waals surface area contributed by atoms with Crippen LogP contribution in [0, 0.1) is 0 Å². The van der Waals surface area contributed by atoms with E-state index in [9.17, 15) is 0 Å². The Labute approximate surface area is 99.4 Å². The summed E-state index contributed by atoms with van der Waals surface area (Å²) in [5, 5.41) is 3.10. The van der Waals surface area contributed by atoms with E-state index in [2.05, 4.69) is 29.3 Å². The molecule has 4 nitrogen and oxygen atoms in total. The minimum atomic E-state index is 0.708. The molecule has 0 saturated heterocycles. The van der Waals surface area contributed by atoms with Gasteiger partial charge in [0.15, 0.2) is 0 Å². The molecular formula is C12H25N3O. The van der Waals surface area contributed by atoms with Gasteiger partial charge in [-0.25, -0.2) is 0 Å². The smallest absolute Gasteiger partial charge is 0.213 e. The van der Waals surface area contributed by atoms with Gasteiger partial charge in [0.05, 0.1) is 6.61 Å². The highest BCUT2D eigenvalue weighted by Crippen LogP contribution is 2.04. The lowest BCUT2D eigenvalue weighted by atomic mass is 10.2. The lowest BCUT2D eigenvalue weighted by molar-refractivity contribution is 0.271. The number of ether oxygens (including phenoxy) is 1. The molecule has 0 aromatic carbocycles. The van der Waals surface area contributed by atoms with Crippen molar-refractivity contribution in [3.63, 3.8) is 0 Å². The Kier molecular flexibility index (Phi) is 7.64. The van der Waals surface area contributed by atoms with Crippen molar-refractivity contribution in [3.8, 4) is 0 Å². The molecule has 0 fully saturated rings. The number of aliphatic imine (C=N–C) groups is 1. The quantitative estimate of drug-likeness (QED) is 0.424. The molecule has 0 aliphatic heterocycles. The van der Waals surface area contributed by atoms with E-state index in [1.165, 1.54) is 0 Å². The zero-order valence-corrected chi connectivity index (χ0v) is 11.4. The summed E-state index contributed by atoms with van der Waals surface area (Å²) in [5.74, 6) is 0.727. The maximum absolute atomic E-state index is 5.65. The van der Waals surface area contributed by atoms with E-state index in [4.69, 9.17) is 4.74 Å². The summed E-state index contributed by atoms with van der Waals surface area (Å²) < 4.78 is 5.65. The Morgan fingerprint density at radius 2 is 1.94 bits per heavy atom. The van der Waals surface area contributed by atoms with E-state index in [0.29, 0.717) is 6.61 Å². The molecule has 94 valence electrons. The van der Waals surface area contributed by atoms with Gasteiger partial charge < -0.3 is 15.0 Å². The maximum atomic E-state index is 5.65. The Balaban J connectivity index is 4.14. The predicted molar refractivity (Wildman–Crippen MR) is 69.9 cm³/mol. The van der Waals surface area contributed by atoms with Crippen LogP contribution in [0.3, 0.4) is 0 Å². The van der Waals surface area contributed by atoms with Crippen LogP contribution in [0.5, 0.6) is 0 Å². The van der Waals surface area contributed by atoms with Crippen molar-refractivity contribution in [2.75, 3.05) is 41.3 Å². The molecule has 0 aromatic heterocycles. The number of allylic oxidation sites excluding steroid dienone is 1. The minimum absolute atomic E-state index is 0.708. The first kappa shape index (κ1) is 15.0. The van der Waals surface area contributed by atoms with Gasteiger partial charge in [-0.1, -0.05) is 0 Å². The van der Waals surface area contributed by atoms with Crippen LogP contribution < -0.4 is 5.32 Å². The van der Waals surface area contributed by atoms with E-state index in [-0.39, 0.29) is 0 Å². The second kappa shape index (κ2) is 8.16. The molecular weight excluding hydrogens is 202 g/mol. The van der Waals surface area contributed by atoms with Crippen LogP contribution in [0.2, 0.25) is 0 Å². The molecule has 4 heteroatoms.